The minimum absolute atomic E-state index is 0.00240. The highest BCUT2D eigenvalue weighted by Gasteiger charge is 2.49. The van der Waals surface area contributed by atoms with E-state index in [0.29, 0.717) is 17.5 Å². The molecule has 0 radical (unpaired) electrons. The number of aryl methyl sites for hydroxylation is 1. The molecule has 3 amide bonds. The van der Waals surface area contributed by atoms with Gasteiger partial charge in [0.25, 0.3) is 0 Å². The van der Waals surface area contributed by atoms with Crippen molar-refractivity contribution in [2.24, 2.45) is 11.8 Å². The number of phenols is 1. The maximum Gasteiger partial charge on any atom is 0.408 e. The largest absolute Gasteiger partial charge is 0.507 e. The van der Waals surface area contributed by atoms with Gasteiger partial charge >= 0.3 is 6.09 Å². The molecule has 8 nitrogen and oxygen atoms in total. The molecule has 5 atom stereocenters. The Labute approximate surface area is 222 Å². The zero-order valence-corrected chi connectivity index (χ0v) is 24.1. The Morgan fingerprint density at radius 1 is 1.16 bits per heavy atom. The van der Waals surface area contributed by atoms with E-state index in [1.54, 1.807) is 50.8 Å². The molecule has 0 spiro atoms. The first-order valence-electron chi connectivity index (χ1n) is 13.6. The van der Waals surface area contributed by atoms with Crippen molar-refractivity contribution >= 4 is 17.9 Å². The molecule has 3 N–H and O–H groups in total. The van der Waals surface area contributed by atoms with Gasteiger partial charge in [-0.25, -0.2) is 4.79 Å². The molecule has 0 aliphatic heterocycles. The van der Waals surface area contributed by atoms with Gasteiger partial charge in [0, 0.05) is 17.6 Å². The zero-order chi connectivity index (χ0) is 28.1. The molecule has 0 aromatic heterocycles. The van der Waals surface area contributed by atoms with Crippen LogP contribution in [0, 0.1) is 18.8 Å². The third kappa shape index (κ3) is 8.64. The van der Waals surface area contributed by atoms with E-state index in [0.717, 1.165) is 19.3 Å². The SMILES string of the molecule is CCCC(C)NC(=O)C(c1cccc(C)c1O)N(C(=O)C(CC(C)C)NC(=O)OC(C)(C)C)C1CC1C. The van der Waals surface area contributed by atoms with E-state index in [1.165, 1.54) is 0 Å². The topological polar surface area (TPSA) is 108 Å². The summed E-state index contributed by atoms with van der Waals surface area (Å²) in [4.78, 5) is 42.3. The number of amides is 3. The zero-order valence-electron chi connectivity index (χ0n) is 24.1. The number of nitrogens with zero attached hydrogens (tertiary/aromatic N) is 1. The van der Waals surface area contributed by atoms with E-state index in [2.05, 4.69) is 10.6 Å². The molecule has 1 aliphatic carbocycles. The van der Waals surface area contributed by atoms with Gasteiger partial charge in [0.05, 0.1) is 0 Å². The van der Waals surface area contributed by atoms with Crippen molar-refractivity contribution in [3.05, 3.63) is 29.3 Å². The Morgan fingerprint density at radius 3 is 2.30 bits per heavy atom. The predicted octanol–water partition coefficient (Wildman–Crippen LogP) is 5.22. The third-order valence-corrected chi connectivity index (χ3v) is 6.58. The Hall–Kier alpha value is -2.77. The maximum atomic E-state index is 14.2. The lowest BCUT2D eigenvalue weighted by molar-refractivity contribution is -0.144. The van der Waals surface area contributed by atoms with Crippen LogP contribution < -0.4 is 10.6 Å². The molecular formula is C29H47N3O5. The van der Waals surface area contributed by atoms with Gasteiger partial charge in [-0.15, -0.1) is 0 Å². The third-order valence-electron chi connectivity index (χ3n) is 6.58. The molecule has 1 aliphatic rings. The number of nitrogens with one attached hydrogen (secondary N) is 2. The first kappa shape index (κ1) is 30.5. The molecule has 2 rings (SSSR count). The fourth-order valence-corrected chi connectivity index (χ4v) is 4.64. The molecule has 37 heavy (non-hydrogen) atoms. The molecule has 0 heterocycles. The molecule has 8 heteroatoms. The van der Waals surface area contributed by atoms with Crippen molar-refractivity contribution in [2.75, 3.05) is 0 Å². The average Bonchev–Trinajstić information content (AvgIpc) is 3.47. The van der Waals surface area contributed by atoms with Crippen LogP contribution in [0.1, 0.15) is 98.2 Å². The van der Waals surface area contributed by atoms with Crippen molar-refractivity contribution in [1.82, 2.24) is 15.5 Å². The average molecular weight is 518 g/mol. The van der Waals surface area contributed by atoms with Crippen molar-refractivity contribution < 1.29 is 24.2 Å². The van der Waals surface area contributed by atoms with Gasteiger partial charge in [-0.1, -0.05) is 52.3 Å². The number of carbonyl (C=O) groups excluding carboxylic acids is 3. The number of hydrogen-bond donors (Lipinski definition) is 3. The summed E-state index contributed by atoms with van der Waals surface area (Å²) < 4.78 is 5.44. The fourth-order valence-electron chi connectivity index (χ4n) is 4.64. The highest BCUT2D eigenvalue weighted by atomic mass is 16.6. The predicted molar refractivity (Wildman–Crippen MR) is 145 cm³/mol. The highest BCUT2D eigenvalue weighted by Crippen LogP contribution is 2.43. The van der Waals surface area contributed by atoms with Gasteiger partial charge in [0.15, 0.2) is 0 Å². The number of carbonyl (C=O) groups is 3. The number of benzene rings is 1. The summed E-state index contributed by atoms with van der Waals surface area (Å²) in [6.07, 6.45) is 2.15. The molecule has 208 valence electrons. The summed E-state index contributed by atoms with van der Waals surface area (Å²) in [6.45, 7) is 17.0. The van der Waals surface area contributed by atoms with Gasteiger partial charge in [-0.2, -0.15) is 0 Å². The van der Waals surface area contributed by atoms with Gasteiger partial charge in [-0.05, 0) is 71.3 Å². The molecule has 0 saturated heterocycles. The molecule has 1 aromatic carbocycles. The van der Waals surface area contributed by atoms with E-state index in [4.69, 9.17) is 4.74 Å². The second kappa shape index (κ2) is 12.7. The minimum atomic E-state index is -1.03. The first-order chi connectivity index (χ1) is 17.2. The van der Waals surface area contributed by atoms with Crippen LogP contribution in [0.25, 0.3) is 0 Å². The number of phenolic OH excluding ortho intramolecular Hbond substituents is 1. The maximum absolute atomic E-state index is 14.2. The lowest BCUT2D eigenvalue weighted by Gasteiger charge is -2.36. The molecule has 1 aromatic rings. The van der Waals surface area contributed by atoms with Crippen LogP contribution in [0.4, 0.5) is 4.79 Å². The van der Waals surface area contributed by atoms with E-state index in [-0.39, 0.29) is 41.5 Å². The highest BCUT2D eigenvalue weighted by molar-refractivity contribution is 5.93. The Kier molecular flexibility index (Phi) is 10.4. The fraction of sp³-hybridized carbons (Fsp3) is 0.690. The van der Waals surface area contributed by atoms with Crippen molar-refractivity contribution in [1.29, 1.82) is 0 Å². The quantitative estimate of drug-likeness (QED) is 0.373. The summed E-state index contributed by atoms with van der Waals surface area (Å²) in [5, 5.41) is 16.8. The summed E-state index contributed by atoms with van der Waals surface area (Å²) >= 11 is 0. The number of hydrogen-bond acceptors (Lipinski definition) is 5. The number of ether oxygens (including phenoxy) is 1. The van der Waals surface area contributed by atoms with Crippen LogP contribution in [0.2, 0.25) is 0 Å². The Bertz CT molecular complexity index is 955. The first-order valence-corrected chi connectivity index (χ1v) is 13.6. The summed E-state index contributed by atoms with van der Waals surface area (Å²) in [6, 6.07) is 3.07. The molecular weight excluding hydrogens is 470 g/mol. The van der Waals surface area contributed by atoms with Gasteiger partial charge in [0.1, 0.15) is 23.4 Å². The second-order valence-corrected chi connectivity index (χ2v) is 12.0. The number of rotatable bonds is 11. The number of para-hydroxylation sites is 1. The Balaban J connectivity index is 2.55. The van der Waals surface area contributed by atoms with E-state index in [9.17, 15) is 19.5 Å². The van der Waals surface area contributed by atoms with Crippen molar-refractivity contribution in [3.8, 4) is 5.75 Å². The van der Waals surface area contributed by atoms with E-state index >= 15 is 0 Å². The number of aromatic hydroxyl groups is 1. The van der Waals surface area contributed by atoms with Crippen LogP contribution in [-0.2, 0) is 14.3 Å². The van der Waals surface area contributed by atoms with Gasteiger partial charge in [0.2, 0.25) is 11.8 Å². The van der Waals surface area contributed by atoms with E-state index < -0.39 is 23.8 Å². The molecule has 0 bridgehead atoms. The van der Waals surface area contributed by atoms with Gasteiger partial charge in [-0.3, -0.25) is 9.59 Å². The normalized spacial score (nSPS) is 19.5. The van der Waals surface area contributed by atoms with Crippen LogP contribution >= 0.6 is 0 Å². The molecule has 1 saturated carbocycles. The lowest BCUT2D eigenvalue weighted by Crippen LogP contribution is -2.55. The summed E-state index contributed by atoms with van der Waals surface area (Å²) in [5.41, 5.74) is 0.291. The standard InChI is InChI=1S/C29H47N3O5/c1-10-12-20(6)30-26(34)24(21-14-11-13-18(4)25(21)33)32(23-16-19(23)5)27(35)22(15-17(2)3)31-28(36)37-29(7,8)9/h11,13-14,17,19-20,22-24,33H,10,12,15-16H2,1-9H3,(H,30,34)(H,31,36). The van der Waals surface area contributed by atoms with Crippen molar-refractivity contribution in [2.45, 2.75) is 118 Å². The van der Waals surface area contributed by atoms with Crippen LogP contribution in [0.3, 0.4) is 0 Å². The number of alkyl carbamates (subject to hydrolysis) is 1. The van der Waals surface area contributed by atoms with Crippen molar-refractivity contribution in [3.63, 3.8) is 0 Å². The van der Waals surface area contributed by atoms with Gasteiger partial charge < -0.3 is 25.4 Å². The van der Waals surface area contributed by atoms with Crippen LogP contribution in [-0.4, -0.2) is 51.6 Å². The summed E-state index contributed by atoms with van der Waals surface area (Å²) in [7, 11) is 0. The summed E-state index contributed by atoms with van der Waals surface area (Å²) in [5.74, 6) is -0.391. The molecule has 5 unspecified atom stereocenters. The monoisotopic (exact) mass is 517 g/mol. The van der Waals surface area contributed by atoms with E-state index in [1.807, 2.05) is 34.6 Å². The second-order valence-electron chi connectivity index (χ2n) is 12.0. The lowest BCUT2D eigenvalue weighted by atomic mass is 9.96. The van der Waals surface area contributed by atoms with Crippen LogP contribution in [0.5, 0.6) is 5.75 Å². The minimum Gasteiger partial charge on any atom is -0.507 e. The Morgan fingerprint density at radius 2 is 1.78 bits per heavy atom. The van der Waals surface area contributed by atoms with Crippen LogP contribution in [0.15, 0.2) is 18.2 Å². The smallest absolute Gasteiger partial charge is 0.408 e. The molecule has 1 fully saturated rings.